The second-order valence-corrected chi connectivity index (χ2v) is 8.13. The van der Waals surface area contributed by atoms with Crippen LogP contribution < -0.4 is 14.8 Å². The molecule has 0 radical (unpaired) electrons. The first-order chi connectivity index (χ1) is 12.7. The van der Waals surface area contributed by atoms with Crippen molar-refractivity contribution in [3.8, 4) is 5.75 Å². The molecule has 1 heterocycles. The maximum Gasteiger partial charge on any atom is 0.255 e. The van der Waals surface area contributed by atoms with E-state index in [-0.39, 0.29) is 11.6 Å². The molecule has 0 unspecified atom stereocenters. The number of rotatable bonds is 5. The van der Waals surface area contributed by atoms with Gasteiger partial charge in [-0.05, 0) is 55.8 Å². The van der Waals surface area contributed by atoms with Gasteiger partial charge in [-0.25, -0.2) is 8.42 Å². The number of fused-ring (bicyclic) bond motifs is 1. The van der Waals surface area contributed by atoms with Gasteiger partial charge in [0.25, 0.3) is 5.91 Å². The molecular formula is C19H21N3O4S. The summed E-state index contributed by atoms with van der Waals surface area (Å²) < 4.78 is 30.6. The molecule has 1 amide bonds. The summed E-state index contributed by atoms with van der Waals surface area (Å²) in [7, 11) is -2.04. The number of aromatic amines is 1. The van der Waals surface area contributed by atoms with Crippen LogP contribution in [0.2, 0.25) is 0 Å². The third-order valence-electron chi connectivity index (χ3n) is 4.32. The first-order valence-corrected chi connectivity index (χ1v) is 10.1. The Morgan fingerprint density at radius 2 is 1.85 bits per heavy atom. The van der Waals surface area contributed by atoms with Gasteiger partial charge in [-0.3, -0.25) is 9.52 Å². The van der Waals surface area contributed by atoms with Crippen molar-refractivity contribution >= 4 is 38.2 Å². The number of H-pyrrole nitrogens is 1. The molecule has 0 aliphatic heterocycles. The van der Waals surface area contributed by atoms with Crippen LogP contribution in [0.4, 0.5) is 11.4 Å². The molecule has 0 fully saturated rings. The minimum atomic E-state index is -3.48. The van der Waals surface area contributed by atoms with E-state index in [2.05, 4.69) is 15.0 Å². The fourth-order valence-electron chi connectivity index (χ4n) is 2.87. The summed E-state index contributed by atoms with van der Waals surface area (Å²) in [6, 6.07) is 10.2. The van der Waals surface area contributed by atoms with Crippen molar-refractivity contribution in [3.63, 3.8) is 0 Å². The minimum Gasteiger partial charge on any atom is -0.495 e. The molecule has 0 aliphatic rings. The highest BCUT2D eigenvalue weighted by Crippen LogP contribution is 2.29. The van der Waals surface area contributed by atoms with Crippen LogP contribution in [0, 0.1) is 13.8 Å². The quantitative estimate of drug-likeness (QED) is 0.624. The zero-order valence-electron chi connectivity index (χ0n) is 15.5. The molecule has 142 valence electrons. The van der Waals surface area contributed by atoms with Crippen LogP contribution in [-0.2, 0) is 10.0 Å². The number of aryl methyl sites for hydroxylation is 2. The zero-order valence-corrected chi connectivity index (χ0v) is 16.3. The van der Waals surface area contributed by atoms with E-state index in [4.69, 9.17) is 4.74 Å². The Morgan fingerprint density at radius 1 is 1.11 bits per heavy atom. The van der Waals surface area contributed by atoms with Crippen LogP contribution in [0.3, 0.4) is 0 Å². The maximum absolute atomic E-state index is 12.6. The van der Waals surface area contributed by atoms with E-state index in [0.717, 1.165) is 28.4 Å². The van der Waals surface area contributed by atoms with Crippen LogP contribution in [0.5, 0.6) is 5.75 Å². The molecular weight excluding hydrogens is 366 g/mol. The smallest absolute Gasteiger partial charge is 0.255 e. The highest BCUT2D eigenvalue weighted by Gasteiger charge is 2.13. The van der Waals surface area contributed by atoms with Gasteiger partial charge in [0.1, 0.15) is 5.75 Å². The number of methoxy groups -OCH3 is 1. The number of anilines is 2. The summed E-state index contributed by atoms with van der Waals surface area (Å²) in [6.07, 6.45) is 1.05. The lowest BCUT2D eigenvalue weighted by atomic mass is 10.1. The average Bonchev–Trinajstić information content (AvgIpc) is 2.87. The molecule has 0 aliphatic carbocycles. The third-order valence-corrected chi connectivity index (χ3v) is 4.91. The number of carbonyl (C=O) groups is 1. The van der Waals surface area contributed by atoms with E-state index in [1.807, 2.05) is 26.0 Å². The lowest BCUT2D eigenvalue weighted by Gasteiger charge is -2.12. The number of hydrogen-bond donors (Lipinski definition) is 3. The number of benzene rings is 2. The van der Waals surface area contributed by atoms with Gasteiger partial charge in [-0.15, -0.1) is 0 Å². The third kappa shape index (κ3) is 4.06. The van der Waals surface area contributed by atoms with Crippen LogP contribution in [0.15, 0.2) is 36.4 Å². The largest absolute Gasteiger partial charge is 0.495 e. The Balaban J connectivity index is 1.89. The van der Waals surface area contributed by atoms with Crippen molar-refractivity contribution in [2.75, 3.05) is 23.4 Å². The lowest BCUT2D eigenvalue weighted by Crippen LogP contribution is -2.13. The fourth-order valence-corrected chi connectivity index (χ4v) is 3.43. The summed E-state index contributed by atoms with van der Waals surface area (Å²) in [6.45, 7) is 3.99. The first kappa shape index (κ1) is 18.8. The van der Waals surface area contributed by atoms with E-state index in [9.17, 15) is 13.2 Å². The summed E-state index contributed by atoms with van der Waals surface area (Å²) >= 11 is 0. The number of sulfonamides is 1. The van der Waals surface area contributed by atoms with Gasteiger partial charge in [-0.1, -0.05) is 0 Å². The summed E-state index contributed by atoms with van der Waals surface area (Å²) in [5, 5.41) is 3.78. The van der Waals surface area contributed by atoms with Gasteiger partial charge in [0, 0.05) is 27.8 Å². The van der Waals surface area contributed by atoms with Crippen molar-refractivity contribution in [1.82, 2.24) is 4.98 Å². The van der Waals surface area contributed by atoms with E-state index in [0.29, 0.717) is 17.0 Å². The Kier molecular flexibility index (Phi) is 4.84. The molecule has 1 aromatic heterocycles. The molecule has 0 bridgehead atoms. The number of ether oxygens (including phenoxy) is 1. The average molecular weight is 387 g/mol. The molecule has 3 aromatic rings. The molecule has 0 saturated heterocycles. The monoisotopic (exact) mass is 387 g/mol. The van der Waals surface area contributed by atoms with Gasteiger partial charge >= 0.3 is 0 Å². The van der Waals surface area contributed by atoms with Gasteiger partial charge < -0.3 is 15.0 Å². The van der Waals surface area contributed by atoms with Crippen molar-refractivity contribution in [2.45, 2.75) is 13.8 Å². The van der Waals surface area contributed by atoms with Gasteiger partial charge in [0.15, 0.2) is 0 Å². The van der Waals surface area contributed by atoms with Gasteiger partial charge in [0.05, 0.1) is 19.1 Å². The molecule has 0 spiro atoms. The van der Waals surface area contributed by atoms with Crippen LogP contribution in [0.25, 0.3) is 10.9 Å². The molecule has 27 heavy (non-hydrogen) atoms. The number of nitrogens with one attached hydrogen (secondary N) is 3. The summed E-state index contributed by atoms with van der Waals surface area (Å²) in [5.74, 6) is 0.0730. The van der Waals surface area contributed by atoms with E-state index < -0.39 is 10.0 Å². The second-order valence-electron chi connectivity index (χ2n) is 6.38. The number of amides is 1. The number of hydrogen-bond acceptors (Lipinski definition) is 4. The SMILES string of the molecule is COc1ccc(NC(=O)c2ccc3[nH]c(C)c(C)c3c2)cc1NS(C)(=O)=O. The zero-order chi connectivity index (χ0) is 19.8. The predicted octanol–water partition coefficient (Wildman–Crippen LogP) is 3.42. The lowest BCUT2D eigenvalue weighted by molar-refractivity contribution is 0.102. The molecule has 0 saturated carbocycles. The van der Waals surface area contributed by atoms with Gasteiger partial charge in [-0.2, -0.15) is 0 Å². The van der Waals surface area contributed by atoms with Gasteiger partial charge in [0.2, 0.25) is 10.0 Å². The van der Waals surface area contributed by atoms with Crippen LogP contribution in [-0.4, -0.2) is 32.7 Å². The fraction of sp³-hybridized carbons (Fsp3) is 0.211. The topological polar surface area (TPSA) is 100 Å². The highest BCUT2D eigenvalue weighted by molar-refractivity contribution is 7.92. The molecule has 8 heteroatoms. The van der Waals surface area contributed by atoms with Crippen LogP contribution >= 0.6 is 0 Å². The normalized spacial score (nSPS) is 11.4. The van der Waals surface area contributed by atoms with Crippen molar-refractivity contribution in [1.29, 1.82) is 0 Å². The number of carbonyl (C=O) groups excluding carboxylic acids is 1. The van der Waals surface area contributed by atoms with Crippen molar-refractivity contribution < 1.29 is 17.9 Å². The van der Waals surface area contributed by atoms with E-state index in [1.165, 1.54) is 13.2 Å². The maximum atomic E-state index is 12.6. The highest BCUT2D eigenvalue weighted by atomic mass is 32.2. The van der Waals surface area contributed by atoms with Crippen molar-refractivity contribution in [3.05, 3.63) is 53.2 Å². The summed E-state index contributed by atoms with van der Waals surface area (Å²) in [5.41, 5.74) is 4.36. The molecule has 0 atom stereocenters. The standard InChI is InChI=1S/C19H21N3O4S/c1-11-12(2)20-16-7-5-13(9-15(11)16)19(23)21-14-6-8-18(26-3)17(10-14)22-27(4,24)25/h5-10,20,22H,1-4H3,(H,21,23). The van der Waals surface area contributed by atoms with E-state index >= 15 is 0 Å². The molecule has 3 N–H and O–H groups in total. The molecule has 2 aromatic carbocycles. The number of aromatic nitrogens is 1. The Bertz CT molecular complexity index is 1130. The van der Waals surface area contributed by atoms with E-state index in [1.54, 1.807) is 18.2 Å². The Labute approximate surface area is 157 Å². The molecule has 3 rings (SSSR count). The first-order valence-electron chi connectivity index (χ1n) is 8.24. The Morgan fingerprint density at radius 3 is 2.52 bits per heavy atom. The minimum absolute atomic E-state index is 0.255. The van der Waals surface area contributed by atoms with Crippen molar-refractivity contribution in [2.24, 2.45) is 0 Å². The summed E-state index contributed by atoms with van der Waals surface area (Å²) in [4.78, 5) is 15.9. The predicted molar refractivity (Wildman–Crippen MR) is 107 cm³/mol. The molecule has 7 nitrogen and oxygen atoms in total. The Hall–Kier alpha value is -3.00. The van der Waals surface area contributed by atoms with Crippen LogP contribution in [0.1, 0.15) is 21.6 Å². The second kappa shape index (κ2) is 6.96.